The van der Waals surface area contributed by atoms with Gasteiger partial charge in [0.25, 0.3) is 5.91 Å². The molecule has 0 radical (unpaired) electrons. The summed E-state index contributed by atoms with van der Waals surface area (Å²) in [5, 5.41) is 0. The number of ether oxygens (including phenoxy) is 1. The minimum Gasteiger partial charge on any atom is -0.460 e. The fraction of sp³-hybridized carbons (Fsp3) is 0.258. The smallest absolute Gasteiger partial charge is 0.419 e. The lowest BCUT2D eigenvalue weighted by atomic mass is 9.92. The lowest BCUT2D eigenvalue weighted by molar-refractivity contribution is -0.154. The summed E-state index contributed by atoms with van der Waals surface area (Å²) in [6, 6.07) is 14.1. The molecule has 0 unspecified atom stereocenters. The van der Waals surface area contributed by atoms with Crippen LogP contribution in [0.3, 0.4) is 0 Å². The first-order valence-electron chi connectivity index (χ1n) is 12.3. The summed E-state index contributed by atoms with van der Waals surface area (Å²) >= 11 is 0. The van der Waals surface area contributed by atoms with Crippen LogP contribution in [0.4, 0.5) is 17.6 Å². The number of nitrogens with zero attached hydrogens (tertiary/aromatic N) is 1. The van der Waals surface area contributed by atoms with E-state index in [0.717, 1.165) is 12.1 Å². The van der Waals surface area contributed by atoms with Crippen LogP contribution in [0, 0.1) is 5.82 Å². The van der Waals surface area contributed by atoms with Crippen molar-refractivity contribution in [1.82, 2.24) is 4.90 Å². The molecular weight excluding hydrogens is 526 g/mol. The number of ketones is 1. The van der Waals surface area contributed by atoms with Crippen LogP contribution in [0.5, 0.6) is 0 Å². The van der Waals surface area contributed by atoms with Gasteiger partial charge in [-0.2, -0.15) is 13.2 Å². The van der Waals surface area contributed by atoms with E-state index in [0.29, 0.717) is 28.3 Å². The zero-order chi connectivity index (χ0) is 29.8. The van der Waals surface area contributed by atoms with E-state index < -0.39 is 35.0 Å². The second-order valence-electron chi connectivity index (χ2n) is 10.2. The normalized spacial score (nSPS) is 11.6. The van der Waals surface area contributed by atoms with E-state index >= 15 is 0 Å². The third kappa shape index (κ3) is 7.43. The molecule has 3 rings (SSSR count). The average Bonchev–Trinajstić information content (AvgIpc) is 2.86. The van der Waals surface area contributed by atoms with E-state index in [4.69, 9.17) is 4.74 Å². The molecule has 210 valence electrons. The Bertz CT molecular complexity index is 1450. The zero-order valence-electron chi connectivity index (χ0n) is 22.6. The number of allylic oxidation sites excluding steroid dienone is 1. The molecule has 40 heavy (non-hydrogen) atoms. The maximum Gasteiger partial charge on any atom is 0.419 e. The first kappa shape index (κ1) is 30.3. The number of halogens is 4. The monoisotopic (exact) mass is 555 g/mol. The van der Waals surface area contributed by atoms with Gasteiger partial charge in [-0.3, -0.25) is 14.4 Å². The van der Waals surface area contributed by atoms with Crippen molar-refractivity contribution in [3.63, 3.8) is 0 Å². The van der Waals surface area contributed by atoms with Crippen molar-refractivity contribution in [2.24, 2.45) is 0 Å². The van der Waals surface area contributed by atoms with Gasteiger partial charge in [0, 0.05) is 24.7 Å². The van der Waals surface area contributed by atoms with Gasteiger partial charge in [0.15, 0.2) is 5.78 Å². The number of hydrogen-bond donors (Lipinski definition) is 0. The van der Waals surface area contributed by atoms with E-state index in [1.54, 1.807) is 57.2 Å². The van der Waals surface area contributed by atoms with Crippen molar-refractivity contribution in [3.8, 4) is 11.1 Å². The highest BCUT2D eigenvalue weighted by Crippen LogP contribution is 2.32. The number of benzene rings is 3. The molecule has 3 aromatic carbocycles. The number of carbonyl (C=O) groups is 3. The molecule has 0 aliphatic heterocycles. The van der Waals surface area contributed by atoms with Crippen LogP contribution in [0.15, 0.2) is 73.3 Å². The molecule has 0 saturated heterocycles. The number of carbonyl (C=O) groups excluding carboxylic acids is 3. The molecule has 0 fully saturated rings. The minimum atomic E-state index is -4.84. The fourth-order valence-corrected chi connectivity index (χ4v) is 4.15. The minimum absolute atomic E-state index is 0.150. The maximum atomic E-state index is 14.1. The fourth-order valence-electron chi connectivity index (χ4n) is 4.15. The summed E-state index contributed by atoms with van der Waals surface area (Å²) in [5.74, 6) is -2.86. The van der Waals surface area contributed by atoms with Gasteiger partial charge in [0.2, 0.25) is 0 Å². The molecule has 3 aromatic rings. The number of amides is 1. The number of alkyl halides is 3. The molecule has 5 nitrogen and oxygen atoms in total. The van der Waals surface area contributed by atoms with Gasteiger partial charge < -0.3 is 9.64 Å². The van der Waals surface area contributed by atoms with Gasteiger partial charge in [-0.1, -0.05) is 43.0 Å². The van der Waals surface area contributed by atoms with E-state index in [9.17, 15) is 31.9 Å². The predicted octanol–water partition coefficient (Wildman–Crippen LogP) is 7.04. The molecule has 0 saturated carbocycles. The molecule has 0 aliphatic carbocycles. The Morgan fingerprint density at radius 1 is 0.950 bits per heavy atom. The molecular formula is C31H29F4NO4. The van der Waals surface area contributed by atoms with Crippen molar-refractivity contribution >= 4 is 17.7 Å². The van der Waals surface area contributed by atoms with Gasteiger partial charge in [-0.05, 0) is 73.4 Å². The van der Waals surface area contributed by atoms with Crippen LogP contribution < -0.4 is 0 Å². The van der Waals surface area contributed by atoms with Gasteiger partial charge in [0.05, 0.1) is 12.0 Å². The van der Waals surface area contributed by atoms with Crippen LogP contribution in [0.2, 0.25) is 0 Å². The molecule has 0 heterocycles. The third-order valence-corrected chi connectivity index (χ3v) is 5.88. The number of rotatable bonds is 8. The van der Waals surface area contributed by atoms with Crippen molar-refractivity contribution in [1.29, 1.82) is 0 Å². The summed E-state index contributed by atoms with van der Waals surface area (Å²) in [7, 11) is 1.42. The quantitative estimate of drug-likeness (QED) is 0.130. The highest BCUT2D eigenvalue weighted by molar-refractivity contribution is 6.09. The highest BCUT2D eigenvalue weighted by atomic mass is 19.4. The Morgan fingerprint density at radius 3 is 2.23 bits per heavy atom. The Labute approximate surface area is 230 Å². The molecule has 0 atom stereocenters. The van der Waals surface area contributed by atoms with Gasteiger partial charge in [0.1, 0.15) is 11.4 Å². The molecule has 0 aromatic heterocycles. The Hall–Kier alpha value is -4.27. The molecule has 0 aliphatic rings. The number of esters is 1. The standard InChI is InChI=1S/C31H29F4NO4/c1-6-27(37)24-10-8-7-9-22(24)20-12-13-23(21(16-20)17-28(38)40-30(2,3)4)29(39)36(5)18-19-11-14-25(26(32)15-19)31(33,34)35/h6-16H,1,17-18H2,2-5H3. The van der Waals surface area contributed by atoms with Gasteiger partial charge in [-0.25, -0.2) is 4.39 Å². The lowest BCUT2D eigenvalue weighted by Gasteiger charge is -2.22. The van der Waals surface area contributed by atoms with E-state index in [1.807, 2.05) is 0 Å². The van der Waals surface area contributed by atoms with E-state index in [-0.39, 0.29) is 29.9 Å². The van der Waals surface area contributed by atoms with Gasteiger partial charge in [-0.15, -0.1) is 0 Å². The first-order valence-corrected chi connectivity index (χ1v) is 12.3. The second kappa shape index (κ2) is 11.9. The Balaban J connectivity index is 2.00. The van der Waals surface area contributed by atoms with Crippen LogP contribution in [0.25, 0.3) is 11.1 Å². The molecule has 0 spiro atoms. The maximum absolute atomic E-state index is 14.1. The molecule has 9 heteroatoms. The van der Waals surface area contributed by atoms with Crippen LogP contribution in [0.1, 0.15) is 58.2 Å². The number of hydrogen-bond acceptors (Lipinski definition) is 4. The summed E-state index contributed by atoms with van der Waals surface area (Å²) in [4.78, 5) is 39.8. The summed E-state index contributed by atoms with van der Waals surface area (Å²) < 4.78 is 58.3. The lowest BCUT2D eigenvalue weighted by Crippen LogP contribution is -2.29. The SMILES string of the molecule is C=CC(=O)c1ccccc1-c1ccc(C(=O)N(C)Cc2ccc(C(F)(F)F)c(F)c2)c(CC(=O)OC(C)(C)C)c1. The predicted molar refractivity (Wildman–Crippen MR) is 143 cm³/mol. The van der Waals surface area contributed by atoms with Crippen molar-refractivity contribution < 1.29 is 36.7 Å². The largest absolute Gasteiger partial charge is 0.460 e. The third-order valence-electron chi connectivity index (χ3n) is 5.88. The topological polar surface area (TPSA) is 63.7 Å². The Morgan fingerprint density at radius 2 is 1.62 bits per heavy atom. The van der Waals surface area contributed by atoms with Gasteiger partial charge >= 0.3 is 12.1 Å². The van der Waals surface area contributed by atoms with Crippen molar-refractivity contribution in [2.75, 3.05) is 7.05 Å². The zero-order valence-corrected chi connectivity index (χ0v) is 22.6. The Kier molecular flexibility index (Phi) is 8.97. The van der Waals surface area contributed by atoms with Crippen LogP contribution >= 0.6 is 0 Å². The summed E-state index contributed by atoms with van der Waals surface area (Å²) in [6.07, 6.45) is -3.90. The van der Waals surface area contributed by atoms with E-state index in [1.165, 1.54) is 24.1 Å². The van der Waals surface area contributed by atoms with Crippen LogP contribution in [-0.2, 0) is 28.7 Å². The highest BCUT2D eigenvalue weighted by Gasteiger charge is 2.34. The van der Waals surface area contributed by atoms with Crippen LogP contribution in [-0.4, -0.2) is 35.2 Å². The molecule has 0 bridgehead atoms. The molecule has 0 N–H and O–H groups in total. The first-order chi connectivity index (χ1) is 18.6. The average molecular weight is 556 g/mol. The summed E-state index contributed by atoms with van der Waals surface area (Å²) in [6.45, 7) is 8.48. The summed E-state index contributed by atoms with van der Waals surface area (Å²) in [5.41, 5.74) is 0.00462. The van der Waals surface area contributed by atoms with Crippen molar-refractivity contribution in [3.05, 3.63) is 107 Å². The second-order valence-corrected chi connectivity index (χ2v) is 10.2. The molecule has 1 amide bonds. The van der Waals surface area contributed by atoms with E-state index in [2.05, 4.69) is 6.58 Å². The van der Waals surface area contributed by atoms with Crippen molar-refractivity contribution in [2.45, 2.75) is 45.5 Å².